The van der Waals surface area contributed by atoms with Crippen molar-refractivity contribution < 1.29 is 33.4 Å². The van der Waals surface area contributed by atoms with Crippen LogP contribution >= 0.6 is 0 Å². The van der Waals surface area contributed by atoms with Crippen LogP contribution < -0.4 is 20.4 Å². The van der Waals surface area contributed by atoms with Crippen LogP contribution in [0.5, 0.6) is 0 Å². The first-order valence-electron chi connectivity index (χ1n) is 13.4. The van der Waals surface area contributed by atoms with Crippen LogP contribution in [0.25, 0.3) is 0 Å². The van der Waals surface area contributed by atoms with Gasteiger partial charge in [0.05, 0.1) is 30.9 Å². The molecule has 1 fully saturated rings. The minimum absolute atomic E-state index is 0.115. The summed E-state index contributed by atoms with van der Waals surface area (Å²) in [6, 6.07) is 23.2. The zero-order valence-electron chi connectivity index (χ0n) is 22.9. The lowest BCUT2D eigenvalue weighted by Gasteiger charge is -2.30. The molecule has 2 heterocycles. The van der Waals surface area contributed by atoms with Gasteiger partial charge in [0, 0.05) is 12.5 Å². The smallest absolute Gasteiger partial charge is 0.311 e. The molecule has 2 N–H and O–H groups in total. The normalized spacial score (nSPS) is 19.9. The Labute approximate surface area is 242 Å². The number of ether oxygens (including phenoxy) is 2. The number of cyclic esters (lactones) is 1. The number of nitrogens with one attached hydrogen (secondary N) is 2. The largest absolute Gasteiger partial charge is 0.460 e. The molecule has 0 unspecified atom stereocenters. The Morgan fingerprint density at radius 2 is 1.57 bits per heavy atom. The second-order valence-electron chi connectivity index (χ2n) is 10.1. The molecule has 3 aromatic carbocycles. The molecule has 216 valence electrons. The molecule has 1 saturated heterocycles. The number of carbonyl (C=O) groups is 5. The van der Waals surface area contributed by atoms with Crippen molar-refractivity contribution in [1.29, 1.82) is 0 Å². The van der Waals surface area contributed by atoms with Crippen LogP contribution in [-0.4, -0.2) is 61.1 Å². The fourth-order valence-corrected chi connectivity index (χ4v) is 4.96. The van der Waals surface area contributed by atoms with Gasteiger partial charge in [-0.25, -0.2) is 0 Å². The summed E-state index contributed by atoms with van der Waals surface area (Å²) in [5.41, 5.74) is 0.488. The van der Waals surface area contributed by atoms with Gasteiger partial charge in [-0.15, -0.1) is 0 Å². The summed E-state index contributed by atoms with van der Waals surface area (Å²) >= 11 is 0. The molecule has 0 radical (unpaired) electrons. The van der Waals surface area contributed by atoms with Crippen LogP contribution in [-0.2, 0) is 35.3 Å². The highest BCUT2D eigenvalue weighted by atomic mass is 16.6. The highest BCUT2D eigenvalue weighted by molar-refractivity contribution is 6.10. The van der Waals surface area contributed by atoms with Crippen molar-refractivity contribution in [1.82, 2.24) is 10.6 Å². The average molecular weight is 571 g/mol. The van der Waals surface area contributed by atoms with Crippen LogP contribution in [0, 0.1) is 0 Å². The molecule has 0 spiro atoms. The summed E-state index contributed by atoms with van der Waals surface area (Å²) in [7, 11) is 0. The van der Waals surface area contributed by atoms with Gasteiger partial charge in [-0.1, -0.05) is 60.7 Å². The van der Waals surface area contributed by atoms with Crippen molar-refractivity contribution in [2.24, 2.45) is 0 Å². The first kappa shape index (κ1) is 28.5. The highest BCUT2D eigenvalue weighted by Crippen LogP contribution is 2.33. The van der Waals surface area contributed by atoms with Gasteiger partial charge in [0.15, 0.2) is 5.72 Å². The number of fused-ring (bicyclic) bond motifs is 1. The number of rotatable bonds is 8. The van der Waals surface area contributed by atoms with E-state index >= 15 is 0 Å². The van der Waals surface area contributed by atoms with Crippen LogP contribution in [0.3, 0.4) is 0 Å². The Bertz CT molecular complexity index is 1500. The van der Waals surface area contributed by atoms with Crippen LogP contribution in [0.1, 0.15) is 29.3 Å². The van der Waals surface area contributed by atoms with E-state index < -0.39 is 42.0 Å². The van der Waals surface area contributed by atoms with Gasteiger partial charge in [0.25, 0.3) is 11.8 Å². The van der Waals surface area contributed by atoms with E-state index in [4.69, 9.17) is 9.47 Å². The van der Waals surface area contributed by atoms with Crippen molar-refractivity contribution in [3.05, 3.63) is 96.1 Å². The zero-order chi connectivity index (χ0) is 29.7. The lowest BCUT2D eigenvalue weighted by atomic mass is 10.1. The van der Waals surface area contributed by atoms with Gasteiger partial charge in [-0.2, -0.15) is 0 Å². The number of amides is 4. The quantitative estimate of drug-likeness (QED) is 0.313. The summed E-state index contributed by atoms with van der Waals surface area (Å²) in [4.78, 5) is 67.8. The average Bonchev–Trinajstić information content (AvgIpc) is 3.32. The van der Waals surface area contributed by atoms with Gasteiger partial charge in [-0.05, 0) is 29.8 Å². The summed E-state index contributed by atoms with van der Waals surface area (Å²) < 4.78 is 11.1. The summed E-state index contributed by atoms with van der Waals surface area (Å²) in [6.45, 7) is 0.691. The van der Waals surface area contributed by atoms with Crippen LogP contribution in [0.15, 0.2) is 84.9 Å². The van der Waals surface area contributed by atoms with Crippen LogP contribution in [0.2, 0.25) is 0 Å². The van der Waals surface area contributed by atoms with Gasteiger partial charge < -0.3 is 25.0 Å². The molecule has 0 aliphatic carbocycles. The number of carbonyl (C=O) groups excluding carboxylic acids is 5. The monoisotopic (exact) mass is 570 g/mol. The maximum absolute atomic E-state index is 13.9. The standard InChI is InChI=1S/C31H30N4O7/c1-21(36)34-17-24(32-29(39)23-12-6-3-7-13-23)30(40)35(26-15-9-8-14-25(26)34)18-27(37)33-31(16-28(38)41-20-31)42-19-22-10-4-2-5-11-22/h2-15,24H,16-20H2,1H3,(H,32,39)(H,33,37)/t24-,31-/m0/s1. The van der Waals surface area contributed by atoms with E-state index in [9.17, 15) is 24.0 Å². The first-order chi connectivity index (χ1) is 20.2. The molecule has 42 heavy (non-hydrogen) atoms. The van der Waals surface area contributed by atoms with E-state index in [1.165, 1.54) is 16.7 Å². The fraction of sp³-hybridized carbons (Fsp3) is 0.258. The second-order valence-corrected chi connectivity index (χ2v) is 10.1. The third-order valence-electron chi connectivity index (χ3n) is 7.04. The SMILES string of the molecule is CC(=O)N1C[C@H](NC(=O)c2ccccc2)C(=O)N(CC(=O)N[C@@]2(OCc3ccccc3)COC(=O)C2)c2ccccc21. The molecule has 5 rings (SSSR count). The first-order valence-corrected chi connectivity index (χ1v) is 13.4. The number of hydrogen-bond acceptors (Lipinski definition) is 7. The molecule has 0 aromatic heterocycles. The summed E-state index contributed by atoms with van der Waals surface area (Å²) in [5.74, 6) is -2.56. The molecular weight excluding hydrogens is 540 g/mol. The predicted octanol–water partition coefficient (Wildman–Crippen LogP) is 2.16. The van der Waals surface area contributed by atoms with Gasteiger partial charge >= 0.3 is 5.97 Å². The zero-order valence-corrected chi connectivity index (χ0v) is 22.9. The van der Waals surface area contributed by atoms with E-state index in [-0.39, 0.29) is 32.1 Å². The molecular formula is C31H30N4O7. The molecule has 2 atom stereocenters. The van der Waals surface area contributed by atoms with Crippen molar-refractivity contribution in [3.8, 4) is 0 Å². The van der Waals surface area contributed by atoms with E-state index in [0.717, 1.165) is 5.56 Å². The van der Waals surface area contributed by atoms with Crippen molar-refractivity contribution in [2.75, 3.05) is 29.5 Å². The Balaban J connectivity index is 1.40. The van der Waals surface area contributed by atoms with E-state index in [1.54, 1.807) is 54.6 Å². The molecule has 11 heteroatoms. The minimum atomic E-state index is -1.43. The van der Waals surface area contributed by atoms with Crippen molar-refractivity contribution >= 4 is 41.0 Å². The third-order valence-corrected chi connectivity index (χ3v) is 7.04. The Morgan fingerprint density at radius 3 is 2.21 bits per heavy atom. The topological polar surface area (TPSA) is 134 Å². The fourth-order valence-electron chi connectivity index (χ4n) is 4.96. The van der Waals surface area contributed by atoms with Crippen molar-refractivity contribution in [2.45, 2.75) is 31.7 Å². The lowest BCUT2D eigenvalue weighted by molar-refractivity contribution is -0.138. The number of benzene rings is 3. The number of hydrogen-bond donors (Lipinski definition) is 2. The van der Waals surface area contributed by atoms with E-state index in [1.807, 2.05) is 30.3 Å². The Morgan fingerprint density at radius 1 is 0.929 bits per heavy atom. The molecule has 0 saturated carbocycles. The second kappa shape index (κ2) is 12.2. The molecule has 4 amide bonds. The van der Waals surface area contributed by atoms with Gasteiger partial charge in [0.2, 0.25) is 11.8 Å². The Hall–Kier alpha value is -5.03. The summed E-state index contributed by atoms with van der Waals surface area (Å²) in [5, 5.41) is 5.49. The third kappa shape index (κ3) is 6.31. The van der Waals surface area contributed by atoms with E-state index in [2.05, 4.69) is 10.6 Å². The number of esters is 1. The maximum Gasteiger partial charge on any atom is 0.311 e. The van der Waals surface area contributed by atoms with Crippen molar-refractivity contribution in [3.63, 3.8) is 0 Å². The molecule has 2 aliphatic heterocycles. The van der Waals surface area contributed by atoms with Gasteiger partial charge in [-0.3, -0.25) is 28.9 Å². The molecule has 0 bridgehead atoms. The maximum atomic E-state index is 13.9. The van der Waals surface area contributed by atoms with Crippen LogP contribution in [0.4, 0.5) is 11.4 Å². The van der Waals surface area contributed by atoms with Gasteiger partial charge in [0.1, 0.15) is 19.2 Å². The molecule has 2 aliphatic rings. The highest BCUT2D eigenvalue weighted by Gasteiger charge is 2.44. The number of nitrogens with zero attached hydrogens (tertiary/aromatic N) is 2. The number of para-hydroxylation sites is 2. The van der Waals surface area contributed by atoms with E-state index in [0.29, 0.717) is 16.9 Å². The molecule has 3 aromatic rings. The number of anilines is 2. The predicted molar refractivity (Wildman–Crippen MR) is 152 cm³/mol. The lowest BCUT2D eigenvalue weighted by Crippen LogP contribution is -2.57. The molecule has 11 nitrogen and oxygen atoms in total. The minimum Gasteiger partial charge on any atom is -0.460 e. The summed E-state index contributed by atoms with van der Waals surface area (Å²) in [6.07, 6.45) is -0.204. The Kier molecular flexibility index (Phi) is 8.30.